The second-order valence-electron chi connectivity index (χ2n) is 6.23. The molecule has 2 aliphatic rings. The Hall–Kier alpha value is -0.160. The van der Waals surface area contributed by atoms with E-state index in [1.165, 1.54) is 25.7 Å². The smallest absolute Gasteiger partial charge is 0.0613 e. The molecule has 2 saturated carbocycles. The quantitative estimate of drug-likeness (QED) is 0.699. The summed E-state index contributed by atoms with van der Waals surface area (Å²) in [5.41, 5.74) is -0.0232. The lowest BCUT2D eigenvalue weighted by Gasteiger charge is -2.44. The number of rotatable bonds is 8. The third kappa shape index (κ3) is 4.15. The summed E-state index contributed by atoms with van der Waals surface area (Å²) in [6.07, 6.45) is 7.25. The molecule has 2 atom stereocenters. The molecular formula is C15H30N2O2. The zero-order chi connectivity index (χ0) is 13.7. The van der Waals surface area contributed by atoms with Crippen LogP contribution in [0.2, 0.25) is 0 Å². The Morgan fingerprint density at radius 2 is 2.16 bits per heavy atom. The average molecular weight is 270 g/mol. The van der Waals surface area contributed by atoms with Crippen LogP contribution in [0.1, 0.15) is 45.4 Å². The molecule has 2 fully saturated rings. The Labute approximate surface area is 117 Å². The van der Waals surface area contributed by atoms with Gasteiger partial charge < -0.3 is 15.2 Å². The summed E-state index contributed by atoms with van der Waals surface area (Å²) in [6, 6.07) is 1.26. The van der Waals surface area contributed by atoms with Crippen LogP contribution < -0.4 is 5.32 Å². The van der Waals surface area contributed by atoms with Crippen molar-refractivity contribution in [3.63, 3.8) is 0 Å². The molecule has 112 valence electrons. The molecule has 0 spiro atoms. The fraction of sp³-hybridized carbons (Fsp3) is 1.00. The number of methoxy groups -OCH3 is 1. The zero-order valence-electron chi connectivity index (χ0n) is 12.5. The van der Waals surface area contributed by atoms with Crippen LogP contribution >= 0.6 is 0 Å². The van der Waals surface area contributed by atoms with Crippen molar-refractivity contribution in [2.45, 2.75) is 63.1 Å². The van der Waals surface area contributed by atoms with Gasteiger partial charge in [-0.1, -0.05) is 6.92 Å². The molecule has 2 aliphatic carbocycles. The molecule has 2 N–H and O–H groups in total. The number of hydrogen-bond acceptors (Lipinski definition) is 4. The van der Waals surface area contributed by atoms with E-state index in [2.05, 4.69) is 17.1 Å². The Morgan fingerprint density at radius 3 is 2.74 bits per heavy atom. The lowest BCUT2D eigenvalue weighted by Crippen LogP contribution is -2.56. The highest BCUT2D eigenvalue weighted by molar-refractivity contribution is 5.00. The molecule has 4 nitrogen and oxygen atoms in total. The summed E-state index contributed by atoms with van der Waals surface area (Å²) in [4.78, 5) is 2.52. The maximum atomic E-state index is 9.86. The number of likely N-dealkylation sites (N-methyl/N-ethyl adjacent to an activating group) is 1. The first-order valence-electron chi connectivity index (χ1n) is 7.84. The number of nitrogens with one attached hydrogen (secondary N) is 1. The number of nitrogens with zero attached hydrogens (tertiary/aromatic N) is 1. The van der Waals surface area contributed by atoms with Gasteiger partial charge >= 0.3 is 0 Å². The molecule has 0 aromatic rings. The standard InChI is InChI=1S/C15H30N2O2/c1-3-17(9-10-19-2)14-5-4-8-15(11-14,12-18)16-13-6-7-13/h13-14,16,18H,3-12H2,1-2H3. The van der Waals surface area contributed by atoms with Crippen molar-refractivity contribution < 1.29 is 9.84 Å². The summed E-state index contributed by atoms with van der Waals surface area (Å²) in [6.45, 7) is 5.37. The van der Waals surface area contributed by atoms with Crippen molar-refractivity contribution in [1.82, 2.24) is 10.2 Å². The molecule has 2 rings (SSSR count). The zero-order valence-corrected chi connectivity index (χ0v) is 12.5. The maximum Gasteiger partial charge on any atom is 0.0613 e. The lowest BCUT2D eigenvalue weighted by molar-refractivity contribution is 0.0474. The first-order valence-corrected chi connectivity index (χ1v) is 7.84. The highest BCUT2D eigenvalue weighted by atomic mass is 16.5. The van der Waals surface area contributed by atoms with Gasteiger partial charge in [-0.15, -0.1) is 0 Å². The molecule has 0 bridgehead atoms. The Balaban J connectivity index is 1.92. The van der Waals surface area contributed by atoms with E-state index in [1.807, 2.05) is 0 Å². The number of ether oxygens (including phenoxy) is 1. The fourth-order valence-electron chi connectivity index (χ4n) is 3.43. The molecule has 0 amide bonds. The van der Waals surface area contributed by atoms with Crippen LogP contribution in [0.15, 0.2) is 0 Å². The molecule has 19 heavy (non-hydrogen) atoms. The summed E-state index contributed by atoms with van der Waals surface area (Å²) in [5.74, 6) is 0. The van der Waals surface area contributed by atoms with Crippen LogP contribution in [0.25, 0.3) is 0 Å². The summed E-state index contributed by atoms with van der Waals surface area (Å²) in [5, 5.41) is 13.6. The Morgan fingerprint density at radius 1 is 1.37 bits per heavy atom. The molecule has 0 aliphatic heterocycles. The molecule has 0 saturated heterocycles. The van der Waals surface area contributed by atoms with Gasteiger partial charge in [-0.3, -0.25) is 4.90 Å². The first-order chi connectivity index (χ1) is 9.23. The molecular weight excluding hydrogens is 240 g/mol. The first kappa shape index (κ1) is 15.2. The van der Waals surface area contributed by atoms with Gasteiger partial charge in [0.1, 0.15) is 0 Å². The summed E-state index contributed by atoms with van der Waals surface area (Å²) >= 11 is 0. The lowest BCUT2D eigenvalue weighted by atomic mass is 9.78. The van der Waals surface area contributed by atoms with Crippen LogP contribution in [0.3, 0.4) is 0 Å². The highest BCUT2D eigenvalue weighted by Crippen LogP contribution is 2.34. The van der Waals surface area contributed by atoms with E-state index in [1.54, 1.807) is 7.11 Å². The number of hydrogen-bond donors (Lipinski definition) is 2. The van der Waals surface area contributed by atoms with Gasteiger partial charge in [0.2, 0.25) is 0 Å². The minimum Gasteiger partial charge on any atom is -0.394 e. The molecule has 0 aromatic carbocycles. The normalized spacial score (nSPS) is 31.9. The minimum atomic E-state index is -0.0232. The molecule has 4 heteroatoms. The Kier molecular flexibility index (Phi) is 5.63. The van der Waals surface area contributed by atoms with Crippen molar-refractivity contribution >= 4 is 0 Å². The van der Waals surface area contributed by atoms with Crippen molar-refractivity contribution in [2.24, 2.45) is 0 Å². The molecule has 2 unspecified atom stereocenters. The Bertz CT molecular complexity index is 271. The van der Waals surface area contributed by atoms with Gasteiger partial charge in [0.15, 0.2) is 0 Å². The van der Waals surface area contributed by atoms with E-state index in [-0.39, 0.29) is 12.1 Å². The average Bonchev–Trinajstić information content (AvgIpc) is 3.24. The van der Waals surface area contributed by atoms with Gasteiger partial charge in [-0.05, 0) is 45.1 Å². The van der Waals surface area contributed by atoms with Crippen molar-refractivity contribution in [3.05, 3.63) is 0 Å². The maximum absolute atomic E-state index is 9.86. The third-order valence-electron chi connectivity index (χ3n) is 4.71. The SMILES string of the molecule is CCN(CCOC)C1CCCC(CO)(NC2CC2)C1. The van der Waals surface area contributed by atoms with Gasteiger partial charge in [0.25, 0.3) is 0 Å². The minimum absolute atomic E-state index is 0.0232. The second kappa shape index (κ2) is 7.02. The topological polar surface area (TPSA) is 44.7 Å². The van der Waals surface area contributed by atoms with Crippen molar-refractivity contribution in [1.29, 1.82) is 0 Å². The van der Waals surface area contributed by atoms with Crippen molar-refractivity contribution in [2.75, 3.05) is 33.4 Å². The summed E-state index contributed by atoms with van der Waals surface area (Å²) < 4.78 is 5.21. The largest absolute Gasteiger partial charge is 0.394 e. The van der Waals surface area contributed by atoms with Gasteiger partial charge in [-0.25, -0.2) is 0 Å². The summed E-state index contributed by atoms with van der Waals surface area (Å²) in [7, 11) is 1.77. The van der Waals surface area contributed by atoms with E-state index >= 15 is 0 Å². The van der Waals surface area contributed by atoms with Crippen LogP contribution in [0.4, 0.5) is 0 Å². The fourth-order valence-corrected chi connectivity index (χ4v) is 3.43. The molecule has 0 aromatic heterocycles. The number of aliphatic hydroxyl groups excluding tert-OH is 1. The van der Waals surface area contributed by atoms with Crippen molar-refractivity contribution in [3.8, 4) is 0 Å². The van der Waals surface area contributed by atoms with E-state index in [4.69, 9.17) is 4.74 Å². The highest BCUT2D eigenvalue weighted by Gasteiger charge is 2.40. The van der Waals surface area contributed by atoms with E-state index < -0.39 is 0 Å². The monoisotopic (exact) mass is 270 g/mol. The third-order valence-corrected chi connectivity index (χ3v) is 4.71. The van der Waals surface area contributed by atoms with Crippen LogP contribution in [0, 0.1) is 0 Å². The van der Waals surface area contributed by atoms with Gasteiger partial charge in [0, 0.05) is 31.3 Å². The predicted molar refractivity (Wildman–Crippen MR) is 77.4 cm³/mol. The van der Waals surface area contributed by atoms with E-state index in [9.17, 15) is 5.11 Å². The predicted octanol–water partition coefficient (Wildman–Crippen LogP) is 1.38. The van der Waals surface area contributed by atoms with Gasteiger partial charge in [0.05, 0.1) is 13.2 Å². The second-order valence-corrected chi connectivity index (χ2v) is 6.23. The molecule has 0 heterocycles. The van der Waals surface area contributed by atoms with Crippen LogP contribution in [-0.2, 0) is 4.74 Å². The van der Waals surface area contributed by atoms with Crippen LogP contribution in [0.5, 0.6) is 0 Å². The van der Waals surface area contributed by atoms with Crippen LogP contribution in [-0.4, -0.2) is 61.0 Å². The van der Waals surface area contributed by atoms with E-state index in [0.717, 1.165) is 32.5 Å². The number of aliphatic hydroxyl groups is 1. The van der Waals surface area contributed by atoms with Gasteiger partial charge in [-0.2, -0.15) is 0 Å². The van der Waals surface area contributed by atoms with E-state index in [0.29, 0.717) is 12.1 Å². The molecule has 0 radical (unpaired) electrons.